The standard InChI is InChI=1S/C20H23NO4/c1-3-4-11-23-17-8-5-15(6-9-17)20(22)21-14(2)16-7-10-18-19(12-16)25-13-24-18/h5-10,12,14H,3-4,11,13H2,1-2H3,(H,21,22). The third-order valence-electron chi connectivity index (χ3n) is 4.13. The highest BCUT2D eigenvalue weighted by molar-refractivity contribution is 5.94. The number of fused-ring (bicyclic) bond motifs is 1. The number of amides is 1. The van der Waals surface area contributed by atoms with E-state index in [1.165, 1.54) is 0 Å². The van der Waals surface area contributed by atoms with Crippen LogP contribution in [0.4, 0.5) is 0 Å². The van der Waals surface area contributed by atoms with E-state index in [0.717, 1.165) is 29.9 Å². The third kappa shape index (κ3) is 4.24. The lowest BCUT2D eigenvalue weighted by Crippen LogP contribution is -2.26. The zero-order valence-electron chi connectivity index (χ0n) is 14.6. The summed E-state index contributed by atoms with van der Waals surface area (Å²) < 4.78 is 16.3. The molecule has 1 amide bonds. The van der Waals surface area contributed by atoms with Gasteiger partial charge in [0.1, 0.15) is 5.75 Å². The van der Waals surface area contributed by atoms with E-state index < -0.39 is 0 Å². The molecule has 0 aliphatic carbocycles. The van der Waals surface area contributed by atoms with Gasteiger partial charge in [-0.15, -0.1) is 0 Å². The number of rotatable bonds is 7. The first-order valence-electron chi connectivity index (χ1n) is 8.60. The fraction of sp³-hybridized carbons (Fsp3) is 0.350. The quantitative estimate of drug-likeness (QED) is 0.771. The first-order valence-corrected chi connectivity index (χ1v) is 8.60. The van der Waals surface area contributed by atoms with Gasteiger partial charge in [0.25, 0.3) is 5.91 Å². The maximum atomic E-state index is 12.4. The number of hydrogen-bond donors (Lipinski definition) is 1. The third-order valence-corrected chi connectivity index (χ3v) is 4.13. The number of ether oxygens (including phenoxy) is 3. The molecule has 1 N–H and O–H groups in total. The van der Waals surface area contributed by atoms with Crippen LogP contribution in [0, 0.1) is 0 Å². The topological polar surface area (TPSA) is 56.8 Å². The fourth-order valence-electron chi connectivity index (χ4n) is 2.58. The van der Waals surface area contributed by atoms with E-state index in [2.05, 4.69) is 12.2 Å². The Hall–Kier alpha value is -2.69. The summed E-state index contributed by atoms with van der Waals surface area (Å²) in [5.74, 6) is 2.12. The molecule has 25 heavy (non-hydrogen) atoms. The van der Waals surface area contributed by atoms with Crippen molar-refractivity contribution in [1.82, 2.24) is 5.32 Å². The molecule has 2 aromatic carbocycles. The molecule has 1 heterocycles. The fourth-order valence-corrected chi connectivity index (χ4v) is 2.58. The number of carbonyl (C=O) groups excluding carboxylic acids is 1. The number of unbranched alkanes of at least 4 members (excludes halogenated alkanes) is 1. The molecule has 1 aliphatic rings. The Morgan fingerprint density at radius 3 is 2.68 bits per heavy atom. The summed E-state index contributed by atoms with van der Waals surface area (Å²) in [5, 5.41) is 3.00. The maximum absolute atomic E-state index is 12.4. The van der Waals surface area contributed by atoms with E-state index >= 15 is 0 Å². The lowest BCUT2D eigenvalue weighted by atomic mass is 10.1. The summed E-state index contributed by atoms with van der Waals surface area (Å²) in [6, 6.07) is 12.8. The van der Waals surface area contributed by atoms with Gasteiger partial charge in [0, 0.05) is 5.56 Å². The molecule has 3 rings (SSSR count). The first kappa shape index (κ1) is 17.1. The Balaban J connectivity index is 1.59. The van der Waals surface area contributed by atoms with Crippen molar-refractivity contribution >= 4 is 5.91 Å². The average molecular weight is 341 g/mol. The van der Waals surface area contributed by atoms with Crippen LogP contribution in [0.1, 0.15) is 48.7 Å². The highest BCUT2D eigenvalue weighted by atomic mass is 16.7. The zero-order valence-corrected chi connectivity index (χ0v) is 14.6. The minimum Gasteiger partial charge on any atom is -0.494 e. The molecule has 1 aliphatic heterocycles. The molecule has 0 aromatic heterocycles. The molecule has 0 bridgehead atoms. The van der Waals surface area contributed by atoms with Crippen molar-refractivity contribution in [2.75, 3.05) is 13.4 Å². The number of benzene rings is 2. The van der Waals surface area contributed by atoms with E-state index in [-0.39, 0.29) is 18.7 Å². The van der Waals surface area contributed by atoms with Crippen LogP contribution in [0.15, 0.2) is 42.5 Å². The number of carbonyl (C=O) groups is 1. The molecule has 5 heteroatoms. The minimum absolute atomic E-state index is 0.120. The SMILES string of the molecule is CCCCOc1ccc(C(=O)NC(C)c2ccc3c(c2)OCO3)cc1. The second kappa shape index (κ2) is 7.92. The minimum atomic E-state index is -0.137. The Kier molecular flexibility index (Phi) is 5.43. The van der Waals surface area contributed by atoms with Gasteiger partial charge < -0.3 is 19.5 Å². The van der Waals surface area contributed by atoms with E-state index in [1.807, 2.05) is 37.3 Å². The molecule has 5 nitrogen and oxygen atoms in total. The average Bonchev–Trinajstić information content (AvgIpc) is 3.10. The van der Waals surface area contributed by atoms with Crippen molar-refractivity contribution in [1.29, 1.82) is 0 Å². The van der Waals surface area contributed by atoms with Crippen molar-refractivity contribution in [2.24, 2.45) is 0 Å². The van der Waals surface area contributed by atoms with Crippen LogP contribution < -0.4 is 19.5 Å². The predicted molar refractivity (Wildman–Crippen MR) is 95.3 cm³/mol. The first-order chi connectivity index (χ1) is 12.2. The Morgan fingerprint density at radius 1 is 1.16 bits per heavy atom. The monoisotopic (exact) mass is 341 g/mol. The van der Waals surface area contributed by atoms with Gasteiger partial charge in [-0.3, -0.25) is 4.79 Å². The van der Waals surface area contributed by atoms with Crippen LogP contribution in [0.2, 0.25) is 0 Å². The van der Waals surface area contributed by atoms with Crippen LogP contribution in [0.5, 0.6) is 17.2 Å². The van der Waals surface area contributed by atoms with Gasteiger partial charge in [-0.25, -0.2) is 0 Å². The molecule has 0 spiro atoms. The van der Waals surface area contributed by atoms with Gasteiger partial charge in [0.15, 0.2) is 11.5 Å². The molecule has 0 fully saturated rings. The molecule has 1 atom stereocenters. The summed E-state index contributed by atoms with van der Waals surface area (Å²) in [6.45, 7) is 5.01. The van der Waals surface area contributed by atoms with Gasteiger partial charge in [-0.1, -0.05) is 19.4 Å². The summed E-state index contributed by atoms with van der Waals surface area (Å²) >= 11 is 0. The van der Waals surface area contributed by atoms with Crippen LogP contribution in [0.25, 0.3) is 0 Å². The van der Waals surface area contributed by atoms with E-state index in [4.69, 9.17) is 14.2 Å². The highest BCUT2D eigenvalue weighted by Gasteiger charge is 2.17. The number of hydrogen-bond acceptors (Lipinski definition) is 4. The van der Waals surface area contributed by atoms with Crippen molar-refractivity contribution in [2.45, 2.75) is 32.7 Å². The zero-order chi connectivity index (χ0) is 17.6. The second-order valence-electron chi connectivity index (χ2n) is 6.03. The smallest absolute Gasteiger partial charge is 0.251 e. The van der Waals surface area contributed by atoms with Gasteiger partial charge >= 0.3 is 0 Å². The normalized spacial score (nSPS) is 13.4. The summed E-state index contributed by atoms with van der Waals surface area (Å²) in [6.07, 6.45) is 2.12. The Labute approximate surface area is 147 Å². The highest BCUT2D eigenvalue weighted by Crippen LogP contribution is 2.34. The van der Waals surface area contributed by atoms with E-state index in [1.54, 1.807) is 12.1 Å². The molecule has 0 radical (unpaired) electrons. The van der Waals surface area contributed by atoms with Gasteiger partial charge in [0.05, 0.1) is 12.6 Å². The summed E-state index contributed by atoms with van der Waals surface area (Å²) in [4.78, 5) is 12.4. The second-order valence-corrected chi connectivity index (χ2v) is 6.03. The molecule has 0 saturated carbocycles. The number of nitrogens with one attached hydrogen (secondary N) is 1. The molecule has 2 aromatic rings. The van der Waals surface area contributed by atoms with Crippen LogP contribution in [-0.4, -0.2) is 19.3 Å². The molecule has 1 unspecified atom stereocenters. The Bertz CT molecular complexity index is 727. The van der Waals surface area contributed by atoms with Crippen LogP contribution >= 0.6 is 0 Å². The predicted octanol–water partition coefficient (Wildman–Crippen LogP) is 4.09. The lowest BCUT2D eigenvalue weighted by Gasteiger charge is -2.15. The van der Waals surface area contributed by atoms with Crippen LogP contribution in [-0.2, 0) is 0 Å². The maximum Gasteiger partial charge on any atom is 0.251 e. The van der Waals surface area contributed by atoms with Crippen LogP contribution in [0.3, 0.4) is 0 Å². The van der Waals surface area contributed by atoms with Crippen molar-refractivity contribution in [3.63, 3.8) is 0 Å². The van der Waals surface area contributed by atoms with Gasteiger partial charge in [-0.05, 0) is 55.3 Å². The molecular formula is C20H23NO4. The van der Waals surface area contributed by atoms with E-state index in [9.17, 15) is 4.79 Å². The summed E-state index contributed by atoms with van der Waals surface area (Å²) in [7, 11) is 0. The summed E-state index contributed by atoms with van der Waals surface area (Å²) in [5.41, 5.74) is 1.58. The van der Waals surface area contributed by atoms with Gasteiger partial charge in [0.2, 0.25) is 6.79 Å². The van der Waals surface area contributed by atoms with Crippen molar-refractivity contribution in [3.8, 4) is 17.2 Å². The van der Waals surface area contributed by atoms with Crippen molar-refractivity contribution in [3.05, 3.63) is 53.6 Å². The van der Waals surface area contributed by atoms with Crippen molar-refractivity contribution < 1.29 is 19.0 Å². The molecule has 0 saturated heterocycles. The molecular weight excluding hydrogens is 318 g/mol. The largest absolute Gasteiger partial charge is 0.494 e. The lowest BCUT2D eigenvalue weighted by molar-refractivity contribution is 0.0939. The van der Waals surface area contributed by atoms with E-state index in [0.29, 0.717) is 17.9 Å². The Morgan fingerprint density at radius 2 is 1.92 bits per heavy atom. The van der Waals surface area contributed by atoms with Gasteiger partial charge in [-0.2, -0.15) is 0 Å². The molecule has 132 valence electrons.